The van der Waals surface area contributed by atoms with Gasteiger partial charge in [0.2, 0.25) is 5.91 Å². The van der Waals surface area contributed by atoms with Gasteiger partial charge in [-0.05, 0) is 44.2 Å². The van der Waals surface area contributed by atoms with E-state index in [2.05, 4.69) is 20.4 Å². The summed E-state index contributed by atoms with van der Waals surface area (Å²) in [7, 11) is 1.79. The van der Waals surface area contributed by atoms with E-state index in [0.29, 0.717) is 17.8 Å². The van der Waals surface area contributed by atoms with E-state index in [-0.39, 0.29) is 23.6 Å². The summed E-state index contributed by atoms with van der Waals surface area (Å²) >= 11 is 0. The molecule has 0 atom stereocenters. The minimum absolute atomic E-state index is 0.0470. The average molecular weight is 470 g/mol. The maximum absolute atomic E-state index is 12.9. The first-order chi connectivity index (χ1) is 16.5. The summed E-state index contributed by atoms with van der Waals surface area (Å²) in [6.45, 7) is 6.37. The highest BCUT2D eigenvalue weighted by Gasteiger charge is 2.26. The molecule has 3 saturated heterocycles. The molecule has 0 unspecified atom stereocenters. The van der Waals surface area contributed by atoms with Crippen LogP contribution in [0.5, 0.6) is 0 Å². The monoisotopic (exact) mass is 469 g/mol. The fraction of sp³-hybridized carbons (Fsp3) is 0.680. The minimum Gasteiger partial charge on any atom is -0.373 e. The Morgan fingerprint density at radius 3 is 2.41 bits per heavy atom. The molecule has 3 N–H and O–H groups in total. The van der Waals surface area contributed by atoms with Gasteiger partial charge in [-0.1, -0.05) is 12.8 Å². The number of nitrogens with zero attached hydrogens (tertiary/aromatic N) is 4. The van der Waals surface area contributed by atoms with Gasteiger partial charge in [0.15, 0.2) is 0 Å². The fourth-order valence-electron chi connectivity index (χ4n) is 5.20. The van der Waals surface area contributed by atoms with Crippen LogP contribution in [0.15, 0.2) is 12.1 Å². The Hall–Kier alpha value is -2.68. The minimum atomic E-state index is -0.345. The van der Waals surface area contributed by atoms with E-state index < -0.39 is 0 Å². The average Bonchev–Trinajstić information content (AvgIpc) is 3.09. The van der Waals surface area contributed by atoms with E-state index in [1.54, 1.807) is 7.05 Å². The first kappa shape index (κ1) is 24.4. The van der Waals surface area contributed by atoms with E-state index >= 15 is 0 Å². The molecule has 0 bridgehead atoms. The lowest BCUT2D eigenvalue weighted by molar-refractivity contribution is -0.128. The van der Waals surface area contributed by atoms with Gasteiger partial charge >= 0.3 is 0 Å². The number of nitrogens with one attached hydrogen (secondary N) is 3. The van der Waals surface area contributed by atoms with Crippen molar-refractivity contribution in [3.8, 4) is 0 Å². The zero-order valence-corrected chi connectivity index (χ0v) is 20.4. The zero-order chi connectivity index (χ0) is 23.9. The van der Waals surface area contributed by atoms with E-state index in [4.69, 9.17) is 10.4 Å². The molecule has 9 nitrogen and oxygen atoms in total. The summed E-state index contributed by atoms with van der Waals surface area (Å²) in [5, 5.41) is 14.7. The number of amides is 2. The normalized spacial score (nSPS) is 20.3. The molecule has 0 aromatic carbocycles. The molecular weight excluding hydrogens is 430 g/mol. The number of hydrogen-bond acceptors (Lipinski definition) is 7. The number of likely N-dealkylation sites (tertiary alicyclic amines) is 2. The summed E-state index contributed by atoms with van der Waals surface area (Å²) < 4.78 is 0. The molecule has 1 aromatic rings. The molecule has 0 aliphatic carbocycles. The molecule has 186 valence electrons. The number of piperidine rings is 1. The predicted molar refractivity (Wildman–Crippen MR) is 135 cm³/mol. The van der Waals surface area contributed by atoms with Crippen LogP contribution in [-0.2, 0) is 9.59 Å². The van der Waals surface area contributed by atoms with Crippen molar-refractivity contribution in [2.45, 2.75) is 57.4 Å². The van der Waals surface area contributed by atoms with Crippen LogP contribution >= 0.6 is 0 Å². The molecule has 3 fully saturated rings. The van der Waals surface area contributed by atoms with Gasteiger partial charge in [0, 0.05) is 70.9 Å². The molecule has 4 heterocycles. The topological polar surface area (TPSA) is 105 Å². The highest BCUT2D eigenvalue weighted by Crippen LogP contribution is 2.23. The number of hydrogen-bond donors (Lipinski definition) is 3. The number of carbonyl (C=O) groups excluding carboxylic acids is 2. The molecule has 0 saturated carbocycles. The molecule has 2 amide bonds. The Bertz CT molecular complexity index is 874. The second-order valence-corrected chi connectivity index (χ2v) is 9.67. The highest BCUT2D eigenvalue weighted by atomic mass is 16.2. The first-order valence-corrected chi connectivity index (χ1v) is 12.9. The molecule has 9 heteroatoms. The van der Waals surface area contributed by atoms with Crippen LogP contribution in [0.3, 0.4) is 0 Å². The van der Waals surface area contributed by atoms with E-state index in [9.17, 15) is 9.59 Å². The van der Waals surface area contributed by atoms with Crippen LogP contribution in [0.2, 0.25) is 0 Å². The Kier molecular flexibility index (Phi) is 8.37. The van der Waals surface area contributed by atoms with Gasteiger partial charge < -0.3 is 25.3 Å². The van der Waals surface area contributed by atoms with Crippen molar-refractivity contribution in [2.75, 3.05) is 63.1 Å². The van der Waals surface area contributed by atoms with Crippen LogP contribution in [0.25, 0.3) is 0 Å². The summed E-state index contributed by atoms with van der Waals surface area (Å²) in [5.41, 5.74) is 0.487. The number of pyridine rings is 1. The Labute approximate surface area is 202 Å². The summed E-state index contributed by atoms with van der Waals surface area (Å²) in [6.07, 6.45) is 8.24. The summed E-state index contributed by atoms with van der Waals surface area (Å²) in [6, 6.07) is 3.86. The van der Waals surface area contributed by atoms with Crippen LogP contribution in [0.1, 0.15) is 56.9 Å². The smallest absolute Gasteiger partial charge is 0.270 e. The van der Waals surface area contributed by atoms with E-state index in [1.165, 1.54) is 25.7 Å². The molecule has 0 spiro atoms. The van der Waals surface area contributed by atoms with Gasteiger partial charge in [0.25, 0.3) is 5.91 Å². The van der Waals surface area contributed by atoms with E-state index in [1.807, 2.05) is 17.0 Å². The van der Waals surface area contributed by atoms with Gasteiger partial charge in [-0.25, -0.2) is 4.98 Å². The van der Waals surface area contributed by atoms with Gasteiger partial charge in [-0.3, -0.25) is 15.0 Å². The summed E-state index contributed by atoms with van der Waals surface area (Å²) in [5.74, 6) is 1.41. The Balaban J connectivity index is 1.28. The molecule has 0 radical (unpaired) electrons. The molecule has 1 aromatic heterocycles. The second kappa shape index (κ2) is 11.6. The van der Waals surface area contributed by atoms with Gasteiger partial charge in [0.1, 0.15) is 17.3 Å². The maximum Gasteiger partial charge on any atom is 0.270 e. The van der Waals surface area contributed by atoms with Gasteiger partial charge in [-0.15, -0.1) is 0 Å². The number of carbonyl (C=O) groups is 2. The standard InChI is InChI=1S/C25H39N7O2/c1-27-24-20(8-9-21(29-24)31-12-4-2-3-5-13-31)23(26)25(34)28-19-10-15-30(16-11-19)17-18-32-14-6-7-22(32)33/h8-9,19,26H,2-7,10-18H2,1H3,(H,27,29)(H,28,34). The van der Waals surface area contributed by atoms with Crippen LogP contribution in [0.4, 0.5) is 11.6 Å². The van der Waals surface area contributed by atoms with Crippen LogP contribution in [-0.4, -0.2) is 91.2 Å². The van der Waals surface area contributed by atoms with Crippen molar-refractivity contribution in [1.29, 1.82) is 5.41 Å². The molecular formula is C25H39N7O2. The Morgan fingerprint density at radius 1 is 1.03 bits per heavy atom. The van der Waals surface area contributed by atoms with Gasteiger partial charge in [-0.2, -0.15) is 0 Å². The molecule has 4 rings (SSSR count). The molecule has 3 aliphatic heterocycles. The number of rotatable bonds is 8. The largest absolute Gasteiger partial charge is 0.373 e. The molecule has 34 heavy (non-hydrogen) atoms. The lowest BCUT2D eigenvalue weighted by Crippen LogP contribution is -2.48. The highest BCUT2D eigenvalue weighted by molar-refractivity contribution is 6.45. The van der Waals surface area contributed by atoms with Crippen molar-refractivity contribution in [3.63, 3.8) is 0 Å². The van der Waals surface area contributed by atoms with Crippen molar-refractivity contribution < 1.29 is 9.59 Å². The second-order valence-electron chi connectivity index (χ2n) is 9.67. The fourth-order valence-corrected chi connectivity index (χ4v) is 5.20. The predicted octanol–water partition coefficient (Wildman–Crippen LogP) is 2.07. The zero-order valence-electron chi connectivity index (χ0n) is 20.4. The van der Waals surface area contributed by atoms with Crippen molar-refractivity contribution in [2.24, 2.45) is 0 Å². The van der Waals surface area contributed by atoms with Crippen molar-refractivity contribution in [3.05, 3.63) is 17.7 Å². The Morgan fingerprint density at radius 2 is 1.76 bits per heavy atom. The third-order valence-corrected chi connectivity index (χ3v) is 7.32. The van der Waals surface area contributed by atoms with Crippen molar-refractivity contribution in [1.82, 2.24) is 20.1 Å². The van der Waals surface area contributed by atoms with Crippen LogP contribution in [0, 0.1) is 5.41 Å². The maximum atomic E-state index is 12.9. The van der Waals surface area contributed by atoms with Crippen LogP contribution < -0.4 is 15.5 Å². The number of aromatic nitrogens is 1. The third-order valence-electron chi connectivity index (χ3n) is 7.32. The lowest BCUT2D eigenvalue weighted by Gasteiger charge is -2.33. The third kappa shape index (κ3) is 6.05. The van der Waals surface area contributed by atoms with Gasteiger partial charge in [0.05, 0.1) is 0 Å². The molecule has 3 aliphatic rings. The first-order valence-electron chi connectivity index (χ1n) is 12.9. The van der Waals surface area contributed by atoms with E-state index in [0.717, 1.165) is 70.9 Å². The van der Waals surface area contributed by atoms with Crippen molar-refractivity contribution >= 4 is 29.2 Å². The lowest BCUT2D eigenvalue weighted by atomic mass is 10.0. The SMILES string of the molecule is CNc1nc(N2CCCCCC2)ccc1C(=N)C(=O)NC1CCN(CCN2CCCC2=O)CC1. The summed E-state index contributed by atoms with van der Waals surface area (Å²) in [4.78, 5) is 36.0. The quantitative estimate of drug-likeness (QED) is 0.504. The number of anilines is 2.